The highest BCUT2D eigenvalue weighted by molar-refractivity contribution is 8.09. The molecule has 0 aromatic carbocycles. The lowest BCUT2D eigenvalue weighted by Crippen LogP contribution is -2.51. The van der Waals surface area contributed by atoms with E-state index in [0.29, 0.717) is 25.7 Å². The van der Waals surface area contributed by atoms with Crippen LogP contribution >= 0.6 is 6.49 Å². The van der Waals surface area contributed by atoms with Crippen LogP contribution in [0.1, 0.15) is 51.4 Å². The molecule has 1 aliphatic carbocycles. The van der Waals surface area contributed by atoms with Crippen LogP contribution in [0, 0.1) is 5.92 Å². The van der Waals surface area contributed by atoms with Gasteiger partial charge in [0.1, 0.15) is 12.1 Å². The zero-order valence-corrected chi connectivity index (χ0v) is 30.5. The van der Waals surface area contributed by atoms with Gasteiger partial charge >= 0.3 is 0 Å². The van der Waals surface area contributed by atoms with Crippen LogP contribution in [0.4, 0.5) is 0 Å². The van der Waals surface area contributed by atoms with E-state index in [-0.39, 0.29) is 123 Å². The van der Waals surface area contributed by atoms with Crippen molar-refractivity contribution >= 4 is 47.8 Å². The number of rotatable bonds is 28. The van der Waals surface area contributed by atoms with E-state index in [4.69, 9.17) is 45.9 Å². The van der Waals surface area contributed by atoms with Crippen molar-refractivity contribution < 1.29 is 62.9 Å². The van der Waals surface area contributed by atoms with Crippen molar-refractivity contribution in [1.29, 1.82) is 0 Å². The van der Waals surface area contributed by atoms with E-state index in [1.807, 2.05) is 0 Å². The SMILES string of the molecule is CP(O)(=S)OC1CCC(C(=O)NC(CCC(=O)NC(CCC(=O)NCCOCCO)C(=O)NCCOCCO)C(=O)NCCOCCO)CC1. The van der Waals surface area contributed by atoms with Gasteiger partial charge in [-0.25, -0.2) is 0 Å². The Morgan fingerprint density at radius 1 is 0.680 bits per heavy atom. The predicted octanol–water partition coefficient (Wildman–Crippen LogP) is -2.60. The zero-order valence-electron chi connectivity index (χ0n) is 28.8. The maximum absolute atomic E-state index is 13.2. The maximum atomic E-state index is 13.2. The summed E-state index contributed by atoms with van der Waals surface area (Å²) in [5, 5.41) is 39.8. The van der Waals surface area contributed by atoms with Gasteiger partial charge < -0.3 is 65.5 Å². The normalized spacial score (nSPS) is 18.3. The Morgan fingerprint density at radius 2 is 1.12 bits per heavy atom. The second kappa shape index (κ2) is 27.3. The van der Waals surface area contributed by atoms with Crippen molar-refractivity contribution in [2.24, 2.45) is 5.92 Å². The Bertz CT molecular complexity index is 1060. The van der Waals surface area contributed by atoms with Gasteiger partial charge in [-0.05, 0) is 50.3 Å². The fourth-order valence-corrected chi connectivity index (χ4v) is 6.07. The molecule has 0 heterocycles. The molecule has 3 unspecified atom stereocenters. The van der Waals surface area contributed by atoms with Crippen LogP contribution in [0.5, 0.6) is 0 Å². The minimum Gasteiger partial charge on any atom is -0.394 e. The average molecular weight is 758 g/mol. The molecule has 3 atom stereocenters. The largest absolute Gasteiger partial charge is 0.394 e. The van der Waals surface area contributed by atoms with E-state index in [9.17, 15) is 28.9 Å². The van der Waals surface area contributed by atoms with Gasteiger partial charge in [-0.15, -0.1) is 0 Å². The molecule has 9 N–H and O–H groups in total. The van der Waals surface area contributed by atoms with Crippen LogP contribution in [0.3, 0.4) is 0 Å². The summed E-state index contributed by atoms with van der Waals surface area (Å²) in [6.07, 6.45) is 1.21. The second-order valence-corrected chi connectivity index (χ2v) is 15.4. The molecule has 0 spiro atoms. The van der Waals surface area contributed by atoms with Crippen LogP contribution in [0.15, 0.2) is 0 Å². The molecule has 0 aromatic heterocycles. The molecule has 5 amide bonds. The molecule has 1 fully saturated rings. The van der Waals surface area contributed by atoms with Gasteiger partial charge in [-0.1, -0.05) is 0 Å². The number of amides is 5. The molecule has 50 heavy (non-hydrogen) atoms. The van der Waals surface area contributed by atoms with Crippen LogP contribution in [0.2, 0.25) is 0 Å². The average Bonchev–Trinajstić information content (AvgIpc) is 3.07. The Kier molecular flexibility index (Phi) is 25.0. The van der Waals surface area contributed by atoms with Crippen LogP contribution in [-0.2, 0) is 54.5 Å². The molecule has 0 aromatic rings. The third-order valence-electron chi connectivity index (χ3n) is 7.36. The standard InChI is InChI=1S/C30H56N5O13PS/c1-49(44,50)48-23-4-2-22(3-5-23)28(41)35-25(30(43)33-12-18-47-21-15-38)7-9-27(40)34-24(29(42)32-11-17-46-20-14-37)6-8-26(39)31-10-16-45-19-13-36/h22-25,36-38H,2-21H2,1H3,(H,31,39)(H,32,42)(H,33,43)(H,34,40)(H,35,41)(H,44,50). The van der Waals surface area contributed by atoms with Crippen molar-refractivity contribution in [3.63, 3.8) is 0 Å². The topological polar surface area (TPSA) is 263 Å². The Labute approximate surface area is 298 Å². The van der Waals surface area contributed by atoms with E-state index < -0.39 is 42.2 Å². The van der Waals surface area contributed by atoms with E-state index in [2.05, 4.69) is 26.6 Å². The number of ether oxygens (including phenoxy) is 3. The summed E-state index contributed by atoms with van der Waals surface area (Å²) in [7, 11) is 0. The first kappa shape index (κ1) is 45.7. The van der Waals surface area contributed by atoms with Crippen LogP contribution in [0.25, 0.3) is 0 Å². The molecule has 290 valence electrons. The molecular formula is C30H56N5O13PS. The number of aliphatic hydroxyl groups is 3. The van der Waals surface area contributed by atoms with Crippen molar-refractivity contribution in [2.45, 2.75) is 69.6 Å². The van der Waals surface area contributed by atoms with E-state index in [0.717, 1.165) is 0 Å². The molecule has 0 saturated heterocycles. The summed E-state index contributed by atoms with van der Waals surface area (Å²) in [6.45, 7) is -0.739. The van der Waals surface area contributed by atoms with Gasteiger partial charge in [-0.3, -0.25) is 24.0 Å². The van der Waals surface area contributed by atoms with Crippen LogP contribution in [-0.4, -0.2) is 154 Å². The number of carbonyl (C=O) groups is 5. The van der Waals surface area contributed by atoms with Gasteiger partial charge in [0.25, 0.3) is 0 Å². The number of aliphatic hydroxyl groups excluding tert-OH is 3. The first-order valence-electron chi connectivity index (χ1n) is 16.9. The number of hydrogen-bond acceptors (Lipinski definition) is 13. The first-order chi connectivity index (χ1) is 23.9. The number of carbonyl (C=O) groups excluding carboxylic acids is 5. The molecule has 18 nitrogen and oxygen atoms in total. The van der Waals surface area contributed by atoms with E-state index in [1.54, 1.807) is 0 Å². The summed E-state index contributed by atoms with van der Waals surface area (Å²) < 4.78 is 21.0. The summed E-state index contributed by atoms with van der Waals surface area (Å²) in [5.74, 6) is -2.85. The molecule has 1 aliphatic rings. The molecule has 20 heteroatoms. The van der Waals surface area contributed by atoms with Crippen molar-refractivity contribution in [3.05, 3.63) is 0 Å². The monoisotopic (exact) mass is 757 g/mol. The lowest BCUT2D eigenvalue weighted by molar-refractivity contribution is -0.133. The minimum absolute atomic E-state index is 0.0395. The van der Waals surface area contributed by atoms with E-state index >= 15 is 0 Å². The third kappa shape index (κ3) is 22.5. The highest BCUT2D eigenvalue weighted by atomic mass is 32.5. The molecule has 0 radical (unpaired) electrons. The van der Waals surface area contributed by atoms with Gasteiger partial charge in [0.15, 0.2) is 6.49 Å². The number of hydrogen-bond donors (Lipinski definition) is 9. The molecular weight excluding hydrogens is 701 g/mol. The highest BCUT2D eigenvalue weighted by Crippen LogP contribution is 2.42. The first-order valence-corrected chi connectivity index (χ1v) is 20.0. The quantitative estimate of drug-likeness (QED) is 0.0293. The van der Waals surface area contributed by atoms with Crippen LogP contribution < -0.4 is 26.6 Å². The smallest absolute Gasteiger partial charge is 0.242 e. The fraction of sp³-hybridized carbons (Fsp3) is 0.833. The summed E-state index contributed by atoms with van der Waals surface area (Å²) >= 11 is 4.97. The van der Waals surface area contributed by atoms with Crippen molar-refractivity contribution in [2.75, 3.05) is 85.8 Å². The Balaban J connectivity index is 2.84. The predicted molar refractivity (Wildman–Crippen MR) is 184 cm³/mol. The Hall–Kier alpha value is -2.32. The van der Waals surface area contributed by atoms with Gasteiger partial charge in [-0.2, -0.15) is 0 Å². The highest BCUT2D eigenvalue weighted by Gasteiger charge is 2.31. The molecule has 1 rings (SSSR count). The maximum Gasteiger partial charge on any atom is 0.242 e. The number of nitrogens with one attached hydrogen (secondary N) is 5. The lowest BCUT2D eigenvalue weighted by atomic mass is 9.86. The molecule has 0 bridgehead atoms. The van der Waals surface area contributed by atoms with Crippen molar-refractivity contribution in [1.82, 2.24) is 26.6 Å². The van der Waals surface area contributed by atoms with Gasteiger partial charge in [0.05, 0.1) is 65.6 Å². The van der Waals surface area contributed by atoms with Crippen molar-refractivity contribution in [3.8, 4) is 0 Å². The lowest BCUT2D eigenvalue weighted by Gasteiger charge is -2.30. The third-order valence-corrected chi connectivity index (χ3v) is 8.31. The minimum atomic E-state index is -2.85. The zero-order chi connectivity index (χ0) is 37.2. The fourth-order valence-electron chi connectivity index (χ4n) is 4.94. The Morgan fingerprint density at radius 3 is 1.58 bits per heavy atom. The second-order valence-electron chi connectivity index (χ2n) is 11.6. The molecule has 1 saturated carbocycles. The van der Waals surface area contributed by atoms with E-state index in [1.165, 1.54) is 6.66 Å². The van der Waals surface area contributed by atoms with Gasteiger partial charge in [0.2, 0.25) is 29.5 Å². The summed E-state index contributed by atoms with van der Waals surface area (Å²) in [6, 6.07) is -2.19. The van der Waals surface area contributed by atoms with Gasteiger partial charge in [0, 0.05) is 45.1 Å². The molecule has 0 aliphatic heterocycles. The summed E-state index contributed by atoms with van der Waals surface area (Å²) in [4.78, 5) is 74.5. The summed E-state index contributed by atoms with van der Waals surface area (Å²) in [5.41, 5.74) is 0.